The van der Waals surface area contributed by atoms with E-state index in [4.69, 9.17) is 17.0 Å². The van der Waals surface area contributed by atoms with Gasteiger partial charge in [0, 0.05) is 35.3 Å². The highest BCUT2D eigenvalue weighted by molar-refractivity contribution is 7.80. The second-order valence-corrected chi connectivity index (χ2v) is 10.7. The van der Waals surface area contributed by atoms with E-state index in [2.05, 4.69) is 15.6 Å². The standard InChI is InChI=1S/C30H30FN5O2S/c1-30(2,3)28(37)33-21-15-14-19(18-25(21)38-4)36-27(26(34-29(36)39)22-11-7-8-16-32-22)24-13-9-17-35(24)23-12-6-5-10-20(23)31/h5-18,26-27H,1-4H3,(H,33,37)(H,34,39)/t26-,27-/m1/s1. The highest BCUT2D eigenvalue weighted by Crippen LogP contribution is 2.44. The first-order valence-electron chi connectivity index (χ1n) is 12.6. The van der Waals surface area contributed by atoms with Crippen molar-refractivity contribution in [3.63, 3.8) is 0 Å². The first-order chi connectivity index (χ1) is 18.7. The number of carbonyl (C=O) groups excluding carboxylic acids is 1. The van der Waals surface area contributed by atoms with Crippen molar-refractivity contribution in [3.05, 3.63) is 102 Å². The molecule has 200 valence electrons. The van der Waals surface area contributed by atoms with E-state index in [1.54, 1.807) is 25.4 Å². The molecule has 0 unspecified atom stereocenters. The molecule has 9 heteroatoms. The lowest BCUT2D eigenvalue weighted by molar-refractivity contribution is -0.123. The molecule has 2 aromatic carbocycles. The Labute approximate surface area is 232 Å². The number of halogens is 1. The third-order valence-electron chi connectivity index (χ3n) is 6.69. The van der Waals surface area contributed by atoms with E-state index in [9.17, 15) is 9.18 Å². The third-order valence-corrected chi connectivity index (χ3v) is 7.00. The van der Waals surface area contributed by atoms with E-state index in [1.807, 2.05) is 91.0 Å². The van der Waals surface area contributed by atoms with Crippen LogP contribution in [0.1, 0.15) is 44.2 Å². The Hall–Kier alpha value is -4.24. The minimum absolute atomic E-state index is 0.122. The molecule has 0 saturated carbocycles. The fraction of sp³-hybridized carbons (Fsp3) is 0.233. The number of rotatable bonds is 6. The molecule has 1 fully saturated rings. The Morgan fingerprint density at radius 2 is 1.85 bits per heavy atom. The summed E-state index contributed by atoms with van der Waals surface area (Å²) in [5, 5.41) is 6.88. The number of para-hydroxylation sites is 1. The molecule has 5 rings (SSSR count). The van der Waals surface area contributed by atoms with Crippen molar-refractivity contribution < 1.29 is 13.9 Å². The highest BCUT2D eigenvalue weighted by Gasteiger charge is 2.42. The van der Waals surface area contributed by atoms with Gasteiger partial charge in [-0.3, -0.25) is 9.78 Å². The van der Waals surface area contributed by atoms with Crippen LogP contribution in [0.5, 0.6) is 5.75 Å². The minimum atomic E-state index is -0.566. The van der Waals surface area contributed by atoms with Gasteiger partial charge in [-0.2, -0.15) is 0 Å². The molecule has 3 heterocycles. The molecule has 0 spiro atoms. The molecule has 1 saturated heterocycles. The molecule has 1 amide bonds. The van der Waals surface area contributed by atoms with Gasteiger partial charge < -0.3 is 24.8 Å². The van der Waals surface area contributed by atoms with E-state index in [1.165, 1.54) is 6.07 Å². The Morgan fingerprint density at radius 3 is 2.54 bits per heavy atom. The zero-order valence-electron chi connectivity index (χ0n) is 22.2. The Bertz CT molecular complexity index is 1520. The van der Waals surface area contributed by atoms with Crippen LogP contribution in [0.3, 0.4) is 0 Å². The summed E-state index contributed by atoms with van der Waals surface area (Å²) in [4.78, 5) is 19.2. The van der Waals surface area contributed by atoms with Crippen molar-refractivity contribution in [3.8, 4) is 11.4 Å². The van der Waals surface area contributed by atoms with Crippen LogP contribution in [0.2, 0.25) is 0 Å². The van der Waals surface area contributed by atoms with Crippen molar-refractivity contribution >= 4 is 34.6 Å². The van der Waals surface area contributed by atoms with Gasteiger partial charge >= 0.3 is 0 Å². The van der Waals surface area contributed by atoms with Gasteiger partial charge in [0.1, 0.15) is 17.6 Å². The van der Waals surface area contributed by atoms with E-state index >= 15 is 0 Å². The quantitative estimate of drug-likeness (QED) is 0.283. The number of anilines is 2. The average molecular weight is 544 g/mol. The first kappa shape index (κ1) is 26.4. The lowest BCUT2D eigenvalue weighted by Crippen LogP contribution is -2.30. The largest absolute Gasteiger partial charge is 0.494 e. The number of amides is 1. The number of hydrogen-bond acceptors (Lipinski definition) is 4. The number of hydrogen-bond donors (Lipinski definition) is 2. The summed E-state index contributed by atoms with van der Waals surface area (Å²) >= 11 is 5.86. The molecule has 1 aliphatic rings. The fourth-order valence-electron chi connectivity index (χ4n) is 4.68. The van der Waals surface area contributed by atoms with Gasteiger partial charge in [-0.25, -0.2) is 4.39 Å². The number of nitrogens with zero attached hydrogens (tertiary/aromatic N) is 3. The average Bonchev–Trinajstić information content (AvgIpc) is 3.53. The smallest absolute Gasteiger partial charge is 0.229 e. The molecular weight excluding hydrogens is 513 g/mol. The van der Waals surface area contributed by atoms with E-state index in [0.717, 1.165) is 17.1 Å². The molecule has 0 bridgehead atoms. The van der Waals surface area contributed by atoms with Crippen LogP contribution in [0.25, 0.3) is 5.69 Å². The van der Waals surface area contributed by atoms with Crippen LogP contribution in [0.4, 0.5) is 15.8 Å². The lowest BCUT2D eigenvalue weighted by Gasteiger charge is -2.29. The summed E-state index contributed by atoms with van der Waals surface area (Å²) in [6.07, 6.45) is 3.58. The van der Waals surface area contributed by atoms with Gasteiger partial charge in [-0.15, -0.1) is 0 Å². The van der Waals surface area contributed by atoms with Crippen molar-refractivity contribution in [2.24, 2.45) is 5.41 Å². The number of methoxy groups -OCH3 is 1. The van der Waals surface area contributed by atoms with Gasteiger partial charge in [0.25, 0.3) is 0 Å². The molecule has 2 aromatic heterocycles. The van der Waals surface area contributed by atoms with Gasteiger partial charge in [-0.05, 0) is 60.7 Å². The third kappa shape index (κ3) is 5.09. The number of benzene rings is 2. The molecule has 2 atom stereocenters. The van der Waals surface area contributed by atoms with Crippen LogP contribution in [0.15, 0.2) is 85.2 Å². The summed E-state index contributed by atoms with van der Waals surface area (Å²) in [6, 6.07) is 21.1. The number of pyridine rings is 1. The van der Waals surface area contributed by atoms with E-state index < -0.39 is 5.41 Å². The molecule has 4 aromatic rings. The number of thiocarbonyl (C=S) groups is 1. The number of aromatic nitrogens is 2. The lowest BCUT2D eigenvalue weighted by atomic mass is 9.95. The van der Waals surface area contributed by atoms with Gasteiger partial charge in [0.2, 0.25) is 5.91 Å². The van der Waals surface area contributed by atoms with Gasteiger partial charge in [0.15, 0.2) is 5.11 Å². The van der Waals surface area contributed by atoms with Crippen LogP contribution in [0, 0.1) is 11.2 Å². The first-order valence-corrected chi connectivity index (χ1v) is 13.0. The maximum absolute atomic E-state index is 14.9. The number of carbonyl (C=O) groups is 1. The van der Waals surface area contributed by atoms with E-state index in [-0.39, 0.29) is 23.8 Å². The molecule has 0 radical (unpaired) electrons. The van der Waals surface area contributed by atoms with E-state index in [0.29, 0.717) is 22.2 Å². The predicted octanol–water partition coefficient (Wildman–Crippen LogP) is 6.18. The summed E-state index contributed by atoms with van der Waals surface area (Å²) in [5.74, 6) is 0.0465. The summed E-state index contributed by atoms with van der Waals surface area (Å²) in [7, 11) is 1.56. The van der Waals surface area contributed by atoms with Crippen molar-refractivity contribution in [1.82, 2.24) is 14.9 Å². The van der Waals surface area contributed by atoms with Crippen molar-refractivity contribution in [1.29, 1.82) is 0 Å². The fourth-order valence-corrected chi connectivity index (χ4v) is 5.02. The summed E-state index contributed by atoms with van der Waals surface area (Å²) < 4.78 is 22.4. The van der Waals surface area contributed by atoms with Crippen LogP contribution < -0.4 is 20.3 Å². The Balaban J connectivity index is 1.62. The van der Waals surface area contributed by atoms with Gasteiger partial charge in [-0.1, -0.05) is 39.0 Å². The molecule has 1 aliphatic heterocycles. The minimum Gasteiger partial charge on any atom is -0.494 e. The van der Waals surface area contributed by atoms with Gasteiger partial charge in [0.05, 0.1) is 30.2 Å². The Morgan fingerprint density at radius 1 is 1.08 bits per heavy atom. The Kier molecular flexibility index (Phi) is 7.10. The van der Waals surface area contributed by atoms with Crippen LogP contribution in [-0.4, -0.2) is 27.7 Å². The molecule has 0 aliphatic carbocycles. The maximum atomic E-state index is 14.9. The normalized spacial score (nSPS) is 17.2. The monoisotopic (exact) mass is 543 g/mol. The number of nitrogens with one attached hydrogen (secondary N) is 2. The predicted molar refractivity (Wildman–Crippen MR) is 155 cm³/mol. The van der Waals surface area contributed by atoms with Crippen LogP contribution >= 0.6 is 12.2 Å². The van der Waals surface area contributed by atoms with Crippen molar-refractivity contribution in [2.75, 3.05) is 17.3 Å². The topological polar surface area (TPSA) is 71.4 Å². The number of ether oxygens (including phenoxy) is 1. The summed E-state index contributed by atoms with van der Waals surface area (Å²) in [6.45, 7) is 5.56. The maximum Gasteiger partial charge on any atom is 0.229 e. The zero-order chi connectivity index (χ0) is 27.7. The molecule has 7 nitrogen and oxygen atoms in total. The SMILES string of the molecule is COc1cc(N2C(=S)N[C@H](c3ccccn3)[C@H]2c2cccn2-c2ccccc2F)ccc1NC(=O)C(C)(C)C. The highest BCUT2D eigenvalue weighted by atomic mass is 32.1. The molecule has 39 heavy (non-hydrogen) atoms. The van der Waals surface area contributed by atoms with Crippen molar-refractivity contribution in [2.45, 2.75) is 32.9 Å². The second kappa shape index (κ2) is 10.5. The van der Waals surface area contributed by atoms with Crippen LogP contribution in [-0.2, 0) is 4.79 Å². The summed E-state index contributed by atoms with van der Waals surface area (Å²) in [5.41, 5.74) is 2.81. The second-order valence-electron chi connectivity index (χ2n) is 10.3. The molecular formula is C30H30FN5O2S. The molecule has 2 N–H and O–H groups in total. The zero-order valence-corrected chi connectivity index (χ0v) is 23.0.